The lowest BCUT2D eigenvalue weighted by molar-refractivity contribution is 0.144. The molecule has 2 aromatic rings. The standard InChI is InChI=1S/C20H22N4O3/c1-23-9-10-24(20(23)27)15-7-4-6-14(12-15)21-19(26)22-18-16-8-3-2-5-13(16)11-17(18)25/h2-8,12,17-18,25H,9-11H2,1H3,(H2,21,22,26)/t17-,18-/m0/s1. The van der Waals surface area contributed by atoms with Gasteiger partial charge in [0.15, 0.2) is 0 Å². The molecule has 4 amide bonds. The molecule has 2 aliphatic rings. The van der Waals surface area contributed by atoms with Gasteiger partial charge in [0.05, 0.1) is 12.1 Å². The monoisotopic (exact) mass is 366 g/mol. The Balaban J connectivity index is 1.45. The summed E-state index contributed by atoms with van der Waals surface area (Å²) in [5.74, 6) is 0. The zero-order valence-electron chi connectivity index (χ0n) is 15.1. The Labute approximate surface area is 157 Å². The summed E-state index contributed by atoms with van der Waals surface area (Å²) in [6.45, 7) is 1.30. The van der Waals surface area contributed by atoms with Crippen LogP contribution >= 0.6 is 0 Å². The van der Waals surface area contributed by atoms with Crippen molar-refractivity contribution in [3.63, 3.8) is 0 Å². The van der Waals surface area contributed by atoms with Crippen molar-refractivity contribution >= 4 is 23.4 Å². The van der Waals surface area contributed by atoms with Gasteiger partial charge in [0.2, 0.25) is 0 Å². The first kappa shape index (κ1) is 17.4. The second-order valence-electron chi connectivity index (χ2n) is 6.95. The number of aliphatic hydroxyl groups is 1. The second kappa shape index (κ2) is 6.92. The minimum absolute atomic E-state index is 0.0534. The minimum Gasteiger partial charge on any atom is -0.390 e. The Bertz CT molecular complexity index is 885. The van der Waals surface area contributed by atoms with Gasteiger partial charge < -0.3 is 20.6 Å². The first-order valence-electron chi connectivity index (χ1n) is 8.99. The molecule has 0 radical (unpaired) electrons. The molecule has 1 saturated heterocycles. The van der Waals surface area contributed by atoms with Crippen LogP contribution in [0, 0.1) is 0 Å². The third-order valence-electron chi connectivity index (χ3n) is 5.12. The largest absolute Gasteiger partial charge is 0.390 e. The molecule has 0 unspecified atom stereocenters. The van der Waals surface area contributed by atoms with E-state index < -0.39 is 18.2 Å². The molecule has 4 rings (SSSR count). The molecule has 0 aromatic heterocycles. The number of carbonyl (C=O) groups excluding carboxylic acids is 2. The van der Waals surface area contributed by atoms with Crippen molar-refractivity contribution in [2.24, 2.45) is 0 Å². The molecule has 1 aliphatic heterocycles. The molecule has 3 N–H and O–H groups in total. The summed E-state index contributed by atoms with van der Waals surface area (Å²) in [5, 5.41) is 15.9. The summed E-state index contributed by atoms with van der Waals surface area (Å²) in [5.41, 5.74) is 3.33. The van der Waals surface area contributed by atoms with Crippen LogP contribution in [0.3, 0.4) is 0 Å². The van der Waals surface area contributed by atoms with E-state index in [1.807, 2.05) is 30.3 Å². The Morgan fingerprint density at radius 2 is 1.96 bits per heavy atom. The van der Waals surface area contributed by atoms with E-state index in [-0.39, 0.29) is 6.03 Å². The van der Waals surface area contributed by atoms with E-state index in [0.717, 1.165) is 16.8 Å². The third kappa shape index (κ3) is 3.33. The Hall–Kier alpha value is -3.06. The molecule has 140 valence electrons. The highest BCUT2D eigenvalue weighted by atomic mass is 16.3. The lowest BCUT2D eigenvalue weighted by Crippen LogP contribution is -2.36. The number of nitrogens with zero attached hydrogens (tertiary/aromatic N) is 2. The minimum atomic E-state index is -0.641. The lowest BCUT2D eigenvalue weighted by Gasteiger charge is -2.19. The molecule has 2 aromatic carbocycles. The number of hydrogen-bond donors (Lipinski definition) is 3. The summed E-state index contributed by atoms with van der Waals surface area (Å²) in [6.07, 6.45) is -0.112. The average Bonchev–Trinajstić information content (AvgIpc) is 3.15. The number of benzene rings is 2. The fourth-order valence-corrected chi connectivity index (χ4v) is 3.69. The van der Waals surface area contributed by atoms with Crippen molar-refractivity contribution in [3.05, 3.63) is 59.7 Å². The number of anilines is 2. The Kier molecular flexibility index (Phi) is 4.45. The smallest absolute Gasteiger partial charge is 0.324 e. The number of fused-ring (bicyclic) bond motifs is 1. The number of aliphatic hydroxyl groups excluding tert-OH is 1. The highest BCUT2D eigenvalue weighted by molar-refractivity contribution is 5.95. The van der Waals surface area contributed by atoms with Crippen LogP contribution < -0.4 is 15.5 Å². The van der Waals surface area contributed by atoms with Crippen molar-refractivity contribution < 1.29 is 14.7 Å². The van der Waals surface area contributed by atoms with Gasteiger partial charge in [-0.25, -0.2) is 9.59 Å². The Morgan fingerprint density at radius 3 is 2.74 bits per heavy atom. The Morgan fingerprint density at radius 1 is 1.15 bits per heavy atom. The maximum Gasteiger partial charge on any atom is 0.324 e. The fraction of sp³-hybridized carbons (Fsp3) is 0.300. The van der Waals surface area contributed by atoms with E-state index in [9.17, 15) is 14.7 Å². The highest BCUT2D eigenvalue weighted by Crippen LogP contribution is 2.31. The van der Waals surface area contributed by atoms with Crippen LogP contribution in [0.15, 0.2) is 48.5 Å². The molecule has 2 atom stereocenters. The summed E-state index contributed by atoms with van der Waals surface area (Å²) in [7, 11) is 1.77. The fourth-order valence-electron chi connectivity index (χ4n) is 3.69. The number of carbonyl (C=O) groups is 2. The van der Waals surface area contributed by atoms with E-state index in [1.54, 1.807) is 35.0 Å². The van der Waals surface area contributed by atoms with Gasteiger partial charge in [-0.3, -0.25) is 4.90 Å². The maximum absolute atomic E-state index is 12.5. The van der Waals surface area contributed by atoms with Crippen LogP contribution in [-0.4, -0.2) is 48.3 Å². The zero-order valence-corrected chi connectivity index (χ0v) is 15.1. The lowest BCUT2D eigenvalue weighted by atomic mass is 10.1. The second-order valence-corrected chi connectivity index (χ2v) is 6.95. The van der Waals surface area contributed by atoms with E-state index >= 15 is 0 Å². The molecular weight excluding hydrogens is 344 g/mol. The molecule has 27 heavy (non-hydrogen) atoms. The van der Waals surface area contributed by atoms with Gasteiger partial charge in [0.1, 0.15) is 0 Å². The number of urea groups is 2. The summed E-state index contributed by atoms with van der Waals surface area (Å²) >= 11 is 0. The predicted molar refractivity (Wildman–Crippen MR) is 103 cm³/mol. The molecule has 0 saturated carbocycles. The summed E-state index contributed by atoms with van der Waals surface area (Å²) < 4.78 is 0. The molecular formula is C20H22N4O3. The highest BCUT2D eigenvalue weighted by Gasteiger charge is 2.32. The van der Waals surface area contributed by atoms with Crippen LogP contribution in [-0.2, 0) is 6.42 Å². The summed E-state index contributed by atoms with van der Waals surface area (Å²) in [4.78, 5) is 27.9. The van der Waals surface area contributed by atoms with E-state index in [4.69, 9.17) is 0 Å². The summed E-state index contributed by atoms with van der Waals surface area (Å²) in [6, 6.07) is 14.0. The zero-order chi connectivity index (χ0) is 19.0. The van der Waals surface area contributed by atoms with Gasteiger partial charge in [0, 0.05) is 37.9 Å². The molecule has 1 heterocycles. The number of amides is 4. The van der Waals surface area contributed by atoms with E-state index in [0.29, 0.717) is 25.2 Å². The number of nitrogens with one attached hydrogen (secondary N) is 2. The first-order chi connectivity index (χ1) is 13.0. The topological polar surface area (TPSA) is 84.9 Å². The van der Waals surface area contributed by atoms with Gasteiger partial charge in [-0.2, -0.15) is 0 Å². The number of likely N-dealkylation sites (N-methyl/N-ethyl adjacent to an activating group) is 1. The van der Waals surface area contributed by atoms with Crippen LogP contribution in [0.25, 0.3) is 0 Å². The average molecular weight is 366 g/mol. The van der Waals surface area contributed by atoms with Gasteiger partial charge in [-0.05, 0) is 29.3 Å². The molecule has 0 spiro atoms. The SMILES string of the molecule is CN1CCN(c2cccc(NC(=O)N[C@H]3c4ccccc4C[C@@H]3O)c2)C1=O. The molecule has 1 fully saturated rings. The van der Waals surface area contributed by atoms with Gasteiger partial charge in [-0.15, -0.1) is 0 Å². The van der Waals surface area contributed by atoms with Crippen molar-refractivity contribution in [2.45, 2.75) is 18.6 Å². The first-order valence-corrected chi connectivity index (χ1v) is 8.99. The van der Waals surface area contributed by atoms with Gasteiger partial charge in [0.25, 0.3) is 0 Å². The molecule has 1 aliphatic carbocycles. The van der Waals surface area contributed by atoms with Crippen molar-refractivity contribution in [1.29, 1.82) is 0 Å². The van der Waals surface area contributed by atoms with Crippen molar-refractivity contribution in [3.8, 4) is 0 Å². The number of rotatable bonds is 3. The predicted octanol–water partition coefficient (Wildman–Crippen LogP) is 2.34. The van der Waals surface area contributed by atoms with Gasteiger partial charge in [-0.1, -0.05) is 30.3 Å². The van der Waals surface area contributed by atoms with Crippen LogP contribution in [0.1, 0.15) is 17.2 Å². The quantitative estimate of drug-likeness (QED) is 0.779. The van der Waals surface area contributed by atoms with E-state index in [1.165, 1.54) is 0 Å². The van der Waals surface area contributed by atoms with Gasteiger partial charge >= 0.3 is 12.1 Å². The number of hydrogen-bond acceptors (Lipinski definition) is 3. The third-order valence-corrected chi connectivity index (χ3v) is 5.12. The van der Waals surface area contributed by atoms with Crippen LogP contribution in [0.2, 0.25) is 0 Å². The normalized spacial score (nSPS) is 21.3. The van der Waals surface area contributed by atoms with E-state index in [2.05, 4.69) is 10.6 Å². The van der Waals surface area contributed by atoms with Crippen molar-refractivity contribution in [2.75, 3.05) is 30.4 Å². The van der Waals surface area contributed by atoms with Crippen LogP contribution in [0.5, 0.6) is 0 Å². The molecule has 7 nitrogen and oxygen atoms in total. The van der Waals surface area contributed by atoms with Crippen LogP contribution in [0.4, 0.5) is 21.0 Å². The maximum atomic E-state index is 12.5. The van der Waals surface area contributed by atoms with Crippen molar-refractivity contribution in [1.82, 2.24) is 10.2 Å². The molecule has 0 bridgehead atoms. The molecule has 7 heteroatoms.